The summed E-state index contributed by atoms with van der Waals surface area (Å²) in [6.45, 7) is 3.56. The Labute approximate surface area is 94.9 Å². The number of benzene rings is 1. The molecule has 0 aromatic heterocycles. The van der Waals surface area contributed by atoms with Gasteiger partial charge < -0.3 is 0 Å². The van der Waals surface area contributed by atoms with Crippen molar-refractivity contribution in [2.75, 3.05) is 0 Å². The van der Waals surface area contributed by atoms with Crippen molar-refractivity contribution in [1.82, 2.24) is 0 Å². The van der Waals surface area contributed by atoms with Crippen molar-refractivity contribution in [2.24, 2.45) is 9.98 Å². The van der Waals surface area contributed by atoms with E-state index in [0.29, 0.717) is 12.8 Å². The quantitative estimate of drug-likeness (QED) is 0.745. The van der Waals surface area contributed by atoms with Crippen molar-refractivity contribution in [3.05, 3.63) is 24.3 Å². The first-order chi connectivity index (χ1) is 7.65. The molecular formula is C13H14N2O. The summed E-state index contributed by atoms with van der Waals surface area (Å²) < 4.78 is 0. The summed E-state index contributed by atoms with van der Waals surface area (Å²) in [5.74, 6) is 0.144. The number of para-hydroxylation sites is 2. The molecule has 16 heavy (non-hydrogen) atoms. The lowest BCUT2D eigenvalue weighted by atomic mass is 10.1. The number of hydrogen-bond donors (Lipinski definition) is 0. The Morgan fingerprint density at radius 3 is 2.50 bits per heavy atom. The summed E-state index contributed by atoms with van der Waals surface area (Å²) in [5, 5.41) is 0. The fourth-order valence-electron chi connectivity index (χ4n) is 1.79. The minimum atomic E-state index is 0.144. The average Bonchev–Trinajstić information content (AvgIpc) is 2.33. The number of aliphatic imine (C=N–C) groups is 2. The summed E-state index contributed by atoms with van der Waals surface area (Å²) in [7, 11) is 0. The van der Waals surface area contributed by atoms with Gasteiger partial charge in [-0.3, -0.25) is 14.8 Å². The second-order valence-electron chi connectivity index (χ2n) is 4.07. The highest BCUT2D eigenvalue weighted by molar-refractivity contribution is 6.12. The number of carbonyl (C=O) groups is 1. The molecule has 0 N–H and O–H groups in total. The lowest BCUT2D eigenvalue weighted by Crippen LogP contribution is -2.08. The van der Waals surface area contributed by atoms with Crippen LogP contribution in [0.15, 0.2) is 34.3 Å². The van der Waals surface area contributed by atoms with E-state index >= 15 is 0 Å². The highest BCUT2D eigenvalue weighted by Crippen LogP contribution is 2.30. The number of hydrogen-bond acceptors (Lipinski definition) is 3. The molecular weight excluding hydrogens is 200 g/mol. The molecule has 0 unspecified atom stereocenters. The van der Waals surface area contributed by atoms with Crippen molar-refractivity contribution in [3.63, 3.8) is 0 Å². The second kappa shape index (κ2) is 4.39. The molecule has 1 aromatic rings. The van der Waals surface area contributed by atoms with Crippen LogP contribution in [0.5, 0.6) is 0 Å². The van der Waals surface area contributed by atoms with Gasteiger partial charge in [0, 0.05) is 24.3 Å². The first-order valence-corrected chi connectivity index (χ1v) is 5.34. The van der Waals surface area contributed by atoms with Gasteiger partial charge >= 0.3 is 0 Å². The second-order valence-corrected chi connectivity index (χ2v) is 4.07. The molecule has 0 radical (unpaired) electrons. The minimum Gasteiger partial charge on any atom is -0.300 e. The van der Waals surface area contributed by atoms with E-state index < -0.39 is 0 Å². The van der Waals surface area contributed by atoms with Crippen molar-refractivity contribution < 1.29 is 4.79 Å². The molecule has 0 saturated carbocycles. The van der Waals surface area contributed by atoms with Crippen LogP contribution in [0.2, 0.25) is 0 Å². The first-order valence-electron chi connectivity index (χ1n) is 5.34. The predicted octanol–water partition coefficient (Wildman–Crippen LogP) is 3.23. The normalized spacial score (nSPS) is 14.6. The molecule has 0 aliphatic carbocycles. The van der Waals surface area contributed by atoms with E-state index in [1.54, 1.807) is 6.92 Å². The lowest BCUT2D eigenvalue weighted by molar-refractivity contribution is -0.115. The minimum absolute atomic E-state index is 0.144. The van der Waals surface area contributed by atoms with Gasteiger partial charge in [-0.1, -0.05) is 12.1 Å². The molecule has 1 aliphatic rings. The average molecular weight is 214 g/mol. The summed E-state index contributed by atoms with van der Waals surface area (Å²) in [6.07, 6.45) is 1.11. The van der Waals surface area contributed by atoms with Crippen molar-refractivity contribution >= 4 is 28.6 Å². The molecule has 3 heteroatoms. The van der Waals surface area contributed by atoms with Crippen LogP contribution in [-0.2, 0) is 4.79 Å². The molecule has 0 fully saturated rings. The predicted molar refractivity (Wildman–Crippen MR) is 66.2 cm³/mol. The highest BCUT2D eigenvalue weighted by atomic mass is 16.1. The molecule has 0 saturated heterocycles. The van der Waals surface area contributed by atoms with E-state index in [4.69, 9.17) is 0 Å². The Kier molecular flexibility index (Phi) is 2.95. The van der Waals surface area contributed by atoms with Gasteiger partial charge in [0.2, 0.25) is 0 Å². The van der Waals surface area contributed by atoms with E-state index in [1.807, 2.05) is 31.2 Å². The number of Topliss-reactive ketones (excluding diaryl/α,β-unsaturated/α-hetero) is 1. The van der Waals surface area contributed by atoms with Crippen molar-refractivity contribution in [2.45, 2.75) is 26.7 Å². The first kappa shape index (κ1) is 10.7. The molecule has 0 atom stereocenters. The summed E-state index contributed by atoms with van der Waals surface area (Å²) >= 11 is 0. The van der Waals surface area contributed by atoms with Gasteiger partial charge in [0.15, 0.2) is 0 Å². The number of fused-ring (bicyclic) bond motifs is 1. The Morgan fingerprint density at radius 1 is 1.25 bits per heavy atom. The number of carbonyl (C=O) groups excluding carboxylic acids is 1. The zero-order valence-electron chi connectivity index (χ0n) is 9.53. The maximum Gasteiger partial charge on any atom is 0.135 e. The standard InChI is InChI=1S/C13H14N2O/c1-9-7-11(8-10(2)16)15-13-6-4-3-5-12(13)14-9/h3-6H,7-8H2,1-2H3. The number of nitrogens with zero attached hydrogens (tertiary/aromatic N) is 2. The van der Waals surface area contributed by atoms with Crippen LogP contribution in [-0.4, -0.2) is 17.2 Å². The highest BCUT2D eigenvalue weighted by Gasteiger charge is 2.11. The van der Waals surface area contributed by atoms with Gasteiger partial charge in [0.25, 0.3) is 0 Å². The van der Waals surface area contributed by atoms with E-state index in [0.717, 1.165) is 22.8 Å². The largest absolute Gasteiger partial charge is 0.300 e. The van der Waals surface area contributed by atoms with Crippen LogP contribution in [0.25, 0.3) is 0 Å². The van der Waals surface area contributed by atoms with Crippen molar-refractivity contribution in [3.8, 4) is 0 Å². The van der Waals surface area contributed by atoms with E-state index in [2.05, 4.69) is 9.98 Å². The monoisotopic (exact) mass is 214 g/mol. The van der Waals surface area contributed by atoms with Crippen LogP contribution in [0.3, 0.4) is 0 Å². The molecule has 0 bridgehead atoms. The summed E-state index contributed by atoms with van der Waals surface area (Å²) in [6, 6.07) is 7.75. The van der Waals surface area contributed by atoms with Crippen LogP contribution < -0.4 is 0 Å². The molecule has 3 nitrogen and oxygen atoms in total. The van der Waals surface area contributed by atoms with Gasteiger partial charge in [0.05, 0.1) is 11.4 Å². The third-order valence-electron chi connectivity index (χ3n) is 2.38. The Morgan fingerprint density at radius 2 is 1.88 bits per heavy atom. The van der Waals surface area contributed by atoms with Gasteiger partial charge in [0.1, 0.15) is 5.78 Å². The molecule has 1 aromatic carbocycles. The van der Waals surface area contributed by atoms with Crippen LogP contribution in [0.1, 0.15) is 26.7 Å². The van der Waals surface area contributed by atoms with Crippen LogP contribution in [0, 0.1) is 0 Å². The zero-order valence-corrected chi connectivity index (χ0v) is 9.53. The molecule has 1 aliphatic heterocycles. The maximum absolute atomic E-state index is 11.1. The number of rotatable bonds is 2. The fourth-order valence-corrected chi connectivity index (χ4v) is 1.79. The fraction of sp³-hybridized carbons (Fsp3) is 0.308. The van der Waals surface area contributed by atoms with Gasteiger partial charge in [-0.15, -0.1) is 0 Å². The third kappa shape index (κ3) is 2.42. The Balaban J connectivity index is 2.43. The van der Waals surface area contributed by atoms with Crippen LogP contribution in [0.4, 0.5) is 11.4 Å². The van der Waals surface area contributed by atoms with Gasteiger partial charge in [-0.25, -0.2) is 0 Å². The Bertz CT molecular complexity index is 486. The zero-order chi connectivity index (χ0) is 11.5. The molecule has 2 rings (SSSR count). The van der Waals surface area contributed by atoms with Crippen molar-refractivity contribution in [1.29, 1.82) is 0 Å². The lowest BCUT2D eigenvalue weighted by Gasteiger charge is -2.00. The topological polar surface area (TPSA) is 41.8 Å². The maximum atomic E-state index is 11.1. The van der Waals surface area contributed by atoms with E-state index in [1.165, 1.54) is 0 Å². The van der Waals surface area contributed by atoms with E-state index in [9.17, 15) is 4.79 Å². The molecule has 0 spiro atoms. The van der Waals surface area contributed by atoms with Crippen LogP contribution >= 0.6 is 0 Å². The summed E-state index contributed by atoms with van der Waals surface area (Å²) in [4.78, 5) is 20.1. The molecule has 82 valence electrons. The van der Waals surface area contributed by atoms with E-state index in [-0.39, 0.29) is 5.78 Å². The summed E-state index contributed by atoms with van der Waals surface area (Å²) in [5.41, 5.74) is 3.65. The SMILES string of the molecule is CC(=O)CC1=Nc2ccccc2N=C(C)C1. The number of ketones is 1. The molecule has 0 amide bonds. The smallest absolute Gasteiger partial charge is 0.135 e. The molecule has 1 heterocycles. The van der Waals surface area contributed by atoms with Gasteiger partial charge in [-0.2, -0.15) is 0 Å². The Hall–Kier alpha value is -1.77. The third-order valence-corrected chi connectivity index (χ3v) is 2.38. The van der Waals surface area contributed by atoms with Gasteiger partial charge in [-0.05, 0) is 26.0 Å².